The van der Waals surface area contributed by atoms with Crippen molar-refractivity contribution in [2.75, 3.05) is 13.7 Å². The van der Waals surface area contributed by atoms with Gasteiger partial charge in [-0.2, -0.15) is 0 Å². The highest BCUT2D eigenvalue weighted by Crippen LogP contribution is 2.15. The Morgan fingerprint density at radius 3 is 1.90 bits per heavy atom. The van der Waals surface area contributed by atoms with Gasteiger partial charge in [-0.1, -0.05) is 0 Å². The smallest absolute Gasteiger partial charge is 0.303 e. The average molecular weight is 306 g/mol. The van der Waals surface area contributed by atoms with Crippen molar-refractivity contribution in [1.82, 2.24) is 0 Å². The molecular formula is C13H22O8. The van der Waals surface area contributed by atoms with Gasteiger partial charge >= 0.3 is 17.9 Å². The first-order chi connectivity index (χ1) is 9.68. The number of ether oxygens (including phenoxy) is 4. The summed E-state index contributed by atoms with van der Waals surface area (Å²) in [6, 6.07) is 0. The van der Waals surface area contributed by atoms with Gasteiger partial charge in [-0.3, -0.25) is 14.4 Å². The van der Waals surface area contributed by atoms with E-state index in [-0.39, 0.29) is 6.61 Å². The summed E-state index contributed by atoms with van der Waals surface area (Å²) in [4.78, 5) is 32.9. The number of hydrogen-bond donors (Lipinski definition) is 1. The van der Waals surface area contributed by atoms with Gasteiger partial charge in [0.25, 0.3) is 0 Å². The number of carbonyl (C=O) groups is 3. The van der Waals surface area contributed by atoms with Crippen LogP contribution < -0.4 is 0 Å². The zero-order valence-corrected chi connectivity index (χ0v) is 12.8. The topological polar surface area (TPSA) is 108 Å². The van der Waals surface area contributed by atoms with Crippen molar-refractivity contribution >= 4 is 17.9 Å². The Balaban J connectivity index is 4.95. The van der Waals surface area contributed by atoms with Crippen molar-refractivity contribution in [2.24, 2.45) is 0 Å². The Morgan fingerprint density at radius 2 is 1.52 bits per heavy atom. The molecule has 8 heteroatoms. The molecule has 0 aromatic carbocycles. The van der Waals surface area contributed by atoms with Crippen LogP contribution in [0.15, 0.2) is 0 Å². The van der Waals surface area contributed by atoms with Crippen LogP contribution in [-0.2, 0) is 33.3 Å². The number of aliphatic hydroxyl groups is 1. The molecule has 4 atom stereocenters. The van der Waals surface area contributed by atoms with Gasteiger partial charge < -0.3 is 24.1 Å². The number of rotatable bonds is 8. The molecule has 0 heterocycles. The molecule has 122 valence electrons. The van der Waals surface area contributed by atoms with E-state index in [1.165, 1.54) is 27.9 Å². The molecule has 0 saturated heterocycles. The fourth-order valence-electron chi connectivity index (χ4n) is 1.68. The molecule has 4 unspecified atom stereocenters. The molecule has 0 saturated carbocycles. The largest absolute Gasteiger partial charge is 0.463 e. The van der Waals surface area contributed by atoms with E-state index in [2.05, 4.69) is 0 Å². The van der Waals surface area contributed by atoms with Crippen LogP contribution in [0.4, 0.5) is 0 Å². The molecule has 0 aromatic heterocycles. The number of esters is 3. The third-order valence-electron chi connectivity index (χ3n) is 2.59. The van der Waals surface area contributed by atoms with Crippen LogP contribution in [0, 0.1) is 0 Å². The van der Waals surface area contributed by atoms with Crippen LogP contribution in [0.1, 0.15) is 27.7 Å². The second kappa shape index (κ2) is 9.30. The van der Waals surface area contributed by atoms with E-state index in [0.29, 0.717) is 0 Å². The average Bonchev–Trinajstić information content (AvgIpc) is 2.34. The molecule has 1 N–H and O–H groups in total. The minimum absolute atomic E-state index is 0.225. The van der Waals surface area contributed by atoms with Crippen molar-refractivity contribution in [3.63, 3.8) is 0 Å². The summed E-state index contributed by atoms with van der Waals surface area (Å²) >= 11 is 0. The first kappa shape index (κ1) is 19.3. The highest BCUT2D eigenvalue weighted by atomic mass is 16.6. The van der Waals surface area contributed by atoms with Gasteiger partial charge in [0.2, 0.25) is 0 Å². The standard InChI is InChI=1S/C13H22O8/c1-7(20-9(3)15)13(21-10(4)16)12(17)11(18-5)6-19-8(2)14/h7,11-13,17H,6H2,1-5H3. The number of hydrogen-bond acceptors (Lipinski definition) is 8. The van der Waals surface area contributed by atoms with Gasteiger partial charge in [-0.05, 0) is 6.92 Å². The van der Waals surface area contributed by atoms with Gasteiger partial charge in [0, 0.05) is 27.9 Å². The van der Waals surface area contributed by atoms with Crippen LogP contribution in [0.3, 0.4) is 0 Å². The highest BCUT2D eigenvalue weighted by Gasteiger charge is 2.36. The van der Waals surface area contributed by atoms with Crippen LogP contribution in [0.2, 0.25) is 0 Å². The molecule has 0 aliphatic heterocycles. The summed E-state index contributed by atoms with van der Waals surface area (Å²) in [7, 11) is 1.30. The van der Waals surface area contributed by atoms with E-state index in [0.717, 1.165) is 6.92 Å². The number of methoxy groups -OCH3 is 1. The monoisotopic (exact) mass is 306 g/mol. The van der Waals surface area contributed by atoms with Gasteiger partial charge in [0.15, 0.2) is 6.10 Å². The maximum atomic E-state index is 11.1. The van der Waals surface area contributed by atoms with E-state index in [1.807, 2.05) is 0 Å². The van der Waals surface area contributed by atoms with Gasteiger partial charge in [0.1, 0.15) is 24.9 Å². The predicted octanol–water partition coefficient (Wildman–Crippen LogP) is -0.191. The zero-order valence-electron chi connectivity index (χ0n) is 12.8. The molecule has 0 radical (unpaired) electrons. The summed E-state index contributed by atoms with van der Waals surface area (Å²) < 4.78 is 19.7. The Hall–Kier alpha value is -1.67. The highest BCUT2D eigenvalue weighted by molar-refractivity contribution is 5.67. The minimum atomic E-state index is -1.34. The molecule has 0 amide bonds. The normalized spacial score (nSPS) is 16.3. The van der Waals surface area contributed by atoms with Crippen molar-refractivity contribution in [1.29, 1.82) is 0 Å². The van der Waals surface area contributed by atoms with E-state index in [1.54, 1.807) is 0 Å². The fourth-order valence-corrected chi connectivity index (χ4v) is 1.68. The SMILES string of the molecule is COC(COC(C)=O)C(O)C(OC(C)=O)C(C)OC(C)=O. The first-order valence-corrected chi connectivity index (χ1v) is 6.37. The lowest BCUT2D eigenvalue weighted by molar-refractivity contribution is -0.185. The van der Waals surface area contributed by atoms with Crippen LogP contribution in [0.25, 0.3) is 0 Å². The van der Waals surface area contributed by atoms with Crippen LogP contribution >= 0.6 is 0 Å². The third kappa shape index (κ3) is 7.62. The van der Waals surface area contributed by atoms with Crippen molar-refractivity contribution in [2.45, 2.75) is 52.1 Å². The lowest BCUT2D eigenvalue weighted by Gasteiger charge is -2.31. The van der Waals surface area contributed by atoms with Crippen molar-refractivity contribution < 1.29 is 38.4 Å². The summed E-state index contributed by atoms with van der Waals surface area (Å²) in [6.45, 7) is 4.81. The zero-order chi connectivity index (χ0) is 16.6. The van der Waals surface area contributed by atoms with E-state index in [4.69, 9.17) is 18.9 Å². The second-order valence-electron chi connectivity index (χ2n) is 4.46. The molecule has 0 aliphatic carbocycles. The fraction of sp³-hybridized carbons (Fsp3) is 0.769. The summed E-state index contributed by atoms with van der Waals surface area (Å²) in [5.74, 6) is -1.78. The Kier molecular flexibility index (Phi) is 8.56. The minimum Gasteiger partial charge on any atom is -0.463 e. The number of carbonyl (C=O) groups excluding carboxylic acids is 3. The van der Waals surface area contributed by atoms with Crippen LogP contribution in [0.5, 0.6) is 0 Å². The van der Waals surface area contributed by atoms with Crippen LogP contribution in [-0.4, -0.2) is 61.1 Å². The Morgan fingerprint density at radius 1 is 1.00 bits per heavy atom. The molecule has 0 spiro atoms. The molecule has 21 heavy (non-hydrogen) atoms. The maximum absolute atomic E-state index is 11.1. The van der Waals surface area contributed by atoms with Gasteiger partial charge in [0.05, 0.1) is 0 Å². The third-order valence-corrected chi connectivity index (χ3v) is 2.59. The first-order valence-electron chi connectivity index (χ1n) is 6.37. The van der Waals surface area contributed by atoms with Gasteiger partial charge in [-0.15, -0.1) is 0 Å². The molecule has 0 fully saturated rings. The molecule has 0 aromatic rings. The lowest BCUT2D eigenvalue weighted by Crippen LogP contribution is -2.49. The van der Waals surface area contributed by atoms with E-state index < -0.39 is 42.3 Å². The quantitative estimate of drug-likeness (QED) is 0.485. The lowest BCUT2D eigenvalue weighted by atomic mass is 10.0. The molecule has 0 bridgehead atoms. The molecule has 8 nitrogen and oxygen atoms in total. The maximum Gasteiger partial charge on any atom is 0.303 e. The van der Waals surface area contributed by atoms with E-state index in [9.17, 15) is 19.5 Å². The van der Waals surface area contributed by atoms with Crippen molar-refractivity contribution in [3.05, 3.63) is 0 Å². The Labute approximate surface area is 123 Å². The predicted molar refractivity (Wildman–Crippen MR) is 70.2 cm³/mol. The molecule has 0 rings (SSSR count). The van der Waals surface area contributed by atoms with E-state index >= 15 is 0 Å². The summed E-state index contributed by atoms with van der Waals surface area (Å²) in [5, 5.41) is 10.2. The summed E-state index contributed by atoms with van der Waals surface area (Å²) in [6.07, 6.45) is -4.31. The second-order valence-corrected chi connectivity index (χ2v) is 4.46. The summed E-state index contributed by atoms with van der Waals surface area (Å²) in [5.41, 5.74) is 0. The van der Waals surface area contributed by atoms with Crippen molar-refractivity contribution in [3.8, 4) is 0 Å². The molecule has 0 aliphatic rings. The Bertz CT molecular complexity index is 367. The number of aliphatic hydroxyl groups excluding tert-OH is 1. The van der Waals surface area contributed by atoms with Gasteiger partial charge in [-0.25, -0.2) is 0 Å². The molecular weight excluding hydrogens is 284 g/mol.